The fourth-order valence-corrected chi connectivity index (χ4v) is 3.40. The van der Waals surface area contributed by atoms with Gasteiger partial charge in [-0.25, -0.2) is 0 Å². The molecule has 0 N–H and O–H groups in total. The van der Waals surface area contributed by atoms with Crippen molar-refractivity contribution in [2.75, 3.05) is 6.26 Å². The van der Waals surface area contributed by atoms with Crippen LogP contribution in [-0.2, 0) is 21.5 Å². The van der Waals surface area contributed by atoms with E-state index < -0.39 is 10.1 Å². The molecule has 1 aliphatic rings. The number of carbonyl (C=O) groups excluding carboxylic acids is 1. The van der Waals surface area contributed by atoms with Gasteiger partial charge in [0.1, 0.15) is 5.75 Å². The molecule has 6 heteroatoms. The third-order valence-electron chi connectivity index (χ3n) is 4.13. The van der Waals surface area contributed by atoms with Gasteiger partial charge in [-0.05, 0) is 44.4 Å². The molecule has 128 valence electrons. The molecule has 1 saturated carbocycles. The molecule has 0 unspecified atom stereocenters. The van der Waals surface area contributed by atoms with Gasteiger partial charge in [-0.15, -0.1) is 0 Å². The average molecular weight is 339 g/mol. The Balaban J connectivity index is 2.06. The van der Waals surface area contributed by atoms with Gasteiger partial charge < -0.3 is 9.08 Å². The molecule has 1 amide bonds. The third kappa shape index (κ3) is 5.23. The van der Waals surface area contributed by atoms with Crippen molar-refractivity contribution in [2.24, 2.45) is 5.92 Å². The van der Waals surface area contributed by atoms with E-state index in [0.717, 1.165) is 37.5 Å². The van der Waals surface area contributed by atoms with Crippen LogP contribution in [0, 0.1) is 5.92 Å². The Labute approximate surface area is 138 Å². The first-order chi connectivity index (χ1) is 10.8. The van der Waals surface area contributed by atoms with Gasteiger partial charge in [-0.1, -0.05) is 25.0 Å². The van der Waals surface area contributed by atoms with E-state index in [1.54, 1.807) is 24.3 Å². The summed E-state index contributed by atoms with van der Waals surface area (Å²) in [6.07, 6.45) is 5.27. The van der Waals surface area contributed by atoms with E-state index in [2.05, 4.69) is 0 Å². The van der Waals surface area contributed by atoms with Gasteiger partial charge in [0.05, 0.1) is 6.26 Å². The molecular formula is C17H25NO4S. The van der Waals surface area contributed by atoms with Crippen molar-refractivity contribution in [3.05, 3.63) is 29.8 Å². The lowest BCUT2D eigenvalue weighted by atomic mass is 10.0. The van der Waals surface area contributed by atoms with E-state index in [1.807, 2.05) is 18.7 Å². The van der Waals surface area contributed by atoms with Crippen LogP contribution in [0.1, 0.15) is 45.1 Å². The monoisotopic (exact) mass is 339 g/mol. The molecule has 1 aliphatic carbocycles. The van der Waals surface area contributed by atoms with Gasteiger partial charge in [-0.3, -0.25) is 4.79 Å². The first kappa shape index (κ1) is 17.8. The second-order valence-electron chi connectivity index (χ2n) is 6.47. The Kier molecular flexibility index (Phi) is 5.68. The Bertz CT molecular complexity index is 631. The number of hydrogen-bond acceptors (Lipinski definition) is 4. The number of benzene rings is 1. The summed E-state index contributed by atoms with van der Waals surface area (Å²) in [6.45, 7) is 4.58. The Morgan fingerprint density at radius 3 is 2.26 bits per heavy atom. The highest BCUT2D eigenvalue weighted by molar-refractivity contribution is 7.86. The number of hydrogen-bond donors (Lipinski definition) is 0. The maximum Gasteiger partial charge on any atom is 0.306 e. The summed E-state index contributed by atoms with van der Waals surface area (Å²) in [5.41, 5.74) is 0.964. The Morgan fingerprint density at radius 1 is 1.22 bits per heavy atom. The third-order valence-corrected chi connectivity index (χ3v) is 4.63. The molecule has 1 aromatic carbocycles. The van der Waals surface area contributed by atoms with Crippen molar-refractivity contribution < 1.29 is 17.4 Å². The minimum Gasteiger partial charge on any atom is -0.383 e. The van der Waals surface area contributed by atoms with Crippen molar-refractivity contribution in [3.63, 3.8) is 0 Å². The fourth-order valence-electron chi connectivity index (χ4n) is 2.94. The van der Waals surface area contributed by atoms with E-state index in [9.17, 15) is 13.2 Å². The smallest absolute Gasteiger partial charge is 0.306 e. The fraction of sp³-hybridized carbons (Fsp3) is 0.588. The maximum atomic E-state index is 12.7. The number of rotatable bonds is 6. The largest absolute Gasteiger partial charge is 0.383 e. The topological polar surface area (TPSA) is 63.7 Å². The van der Waals surface area contributed by atoms with E-state index in [-0.39, 0.29) is 23.6 Å². The molecule has 0 aliphatic heterocycles. The standard InChI is InChI=1S/C17H25NO4S/c1-13(2)18(17(19)15-6-4-5-7-15)12-14-8-10-16(11-9-14)22-23(3,20)21/h8-11,13,15H,4-7,12H2,1-3H3. The lowest BCUT2D eigenvalue weighted by Crippen LogP contribution is -2.39. The summed E-state index contributed by atoms with van der Waals surface area (Å²) in [5, 5.41) is 0. The minimum absolute atomic E-state index is 0.134. The quantitative estimate of drug-likeness (QED) is 0.748. The van der Waals surface area contributed by atoms with Gasteiger partial charge >= 0.3 is 10.1 Å². The maximum absolute atomic E-state index is 12.7. The molecule has 23 heavy (non-hydrogen) atoms. The molecule has 0 spiro atoms. The number of carbonyl (C=O) groups is 1. The summed E-state index contributed by atoms with van der Waals surface area (Å²) in [7, 11) is -3.52. The predicted molar refractivity (Wildman–Crippen MR) is 89.6 cm³/mol. The highest BCUT2D eigenvalue weighted by Gasteiger charge is 2.28. The zero-order valence-corrected chi connectivity index (χ0v) is 14.8. The molecular weight excluding hydrogens is 314 g/mol. The van der Waals surface area contributed by atoms with Crippen molar-refractivity contribution in [3.8, 4) is 5.75 Å². The lowest BCUT2D eigenvalue weighted by molar-refractivity contribution is -0.137. The highest BCUT2D eigenvalue weighted by atomic mass is 32.2. The zero-order chi connectivity index (χ0) is 17.0. The van der Waals surface area contributed by atoms with E-state index in [4.69, 9.17) is 4.18 Å². The van der Waals surface area contributed by atoms with Crippen LogP contribution in [0.25, 0.3) is 0 Å². The van der Waals surface area contributed by atoms with Gasteiger partial charge in [-0.2, -0.15) is 8.42 Å². The summed E-state index contributed by atoms with van der Waals surface area (Å²) < 4.78 is 27.1. The summed E-state index contributed by atoms with van der Waals surface area (Å²) in [5.74, 6) is 0.675. The average Bonchev–Trinajstić information content (AvgIpc) is 2.98. The van der Waals surface area contributed by atoms with Crippen molar-refractivity contribution in [2.45, 2.75) is 52.1 Å². The molecule has 0 saturated heterocycles. The second-order valence-corrected chi connectivity index (χ2v) is 8.05. The SMILES string of the molecule is CC(C)N(Cc1ccc(OS(C)(=O)=O)cc1)C(=O)C1CCCC1. The molecule has 0 aromatic heterocycles. The normalized spacial score (nSPS) is 15.8. The minimum atomic E-state index is -3.52. The van der Waals surface area contributed by atoms with Crippen molar-refractivity contribution in [1.29, 1.82) is 0 Å². The van der Waals surface area contributed by atoms with Gasteiger partial charge in [0.15, 0.2) is 0 Å². The molecule has 5 nitrogen and oxygen atoms in total. The van der Waals surface area contributed by atoms with Crippen LogP contribution >= 0.6 is 0 Å². The first-order valence-electron chi connectivity index (χ1n) is 8.05. The van der Waals surface area contributed by atoms with Crippen LogP contribution in [0.4, 0.5) is 0 Å². The number of amides is 1. The van der Waals surface area contributed by atoms with Crippen LogP contribution < -0.4 is 4.18 Å². The van der Waals surface area contributed by atoms with Gasteiger partial charge in [0, 0.05) is 18.5 Å². The summed E-state index contributed by atoms with van der Waals surface area (Å²) in [4.78, 5) is 14.6. The van der Waals surface area contributed by atoms with Crippen molar-refractivity contribution in [1.82, 2.24) is 4.90 Å². The van der Waals surface area contributed by atoms with Crippen LogP contribution in [0.3, 0.4) is 0 Å². The molecule has 1 aromatic rings. The van der Waals surface area contributed by atoms with Crippen LogP contribution in [0.2, 0.25) is 0 Å². The molecule has 0 radical (unpaired) electrons. The van der Waals surface area contributed by atoms with E-state index >= 15 is 0 Å². The summed E-state index contributed by atoms with van der Waals surface area (Å²) >= 11 is 0. The molecule has 0 atom stereocenters. The second kappa shape index (κ2) is 7.34. The molecule has 0 heterocycles. The Morgan fingerprint density at radius 2 is 1.78 bits per heavy atom. The molecule has 2 rings (SSSR count). The molecule has 1 fully saturated rings. The van der Waals surface area contributed by atoms with Gasteiger partial charge in [0.2, 0.25) is 5.91 Å². The summed E-state index contributed by atoms with van der Waals surface area (Å²) in [6, 6.07) is 6.98. The van der Waals surface area contributed by atoms with Crippen LogP contribution in [-0.4, -0.2) is 31.5 Å². The highest BCUT2D eigenvalue weighted by Crippen LogP contribution is 2.28. The molecule has 0 bridgehead atoms. The Hall–Kier alpha value is -1.56. The zero-order valence-electron chi connectivity index (χ0n) is 14.0. The van der Waals surface area contributed by atoms with Crippen LogP contribution in [0.15, 0.2) is 24.3 Å². The van der Waals surface area contributed by atoms with E-state index in [1.165, 1.54) is 0 Å². The van der Waals surface area contributed by atoms with Crippen molar-refractivity contribution >= 4 is 16.0 Å². The number of nitrogens with zero attached hydrogens (tertiary/aromatic N) is 1. The predicted octanol–water partition coefficient (Wildman–Crippen LogP) is 2.95. The first-order valence-corrected chi connectivity index (χ1v) is 9.87. The van der Waals surface area contributed by atoms with Crippen LogP contribution in [0.5, 0.6) is 5.75 Å². The van der Waals surface area contributed by atoms with E-state index in [0.29, 0.717) is 6.54 Å². The lowest BCUT2D eigenvalue weighted by Gasteiger charge is -2.29. The van der Waals surface area contributed by atoms with Gasteiger partial charge in [0.25, 0.3) is 0 Å².